The molecule has 0 amide bonds. The van der Waals surface area contributed by atoms with Crippen molar-refractivity contribution in [1.29, 1.82) is 0 Å². The van der Waals surface area contributed by atoms with Crippen LogP contribution in [0.5, 0.6) is 0 Å². The summed E-state index contributed by atoms with van der Waals surface area (Å²) in [4.78, 5) is 22.2. The SMILES string of the molecule is COC(=O)c1cn(-c2ccc(Cl)cc2C=O)nn1. The zero-order chi connectivity index (χ0) is 13.1. The molecule has 7 heteroatoms. The number of halogens is 1. The number of esters is 1. The minimum atomic E-state index is -0.595. The van der Waals surface area contributed by atoms with Crippen molar-refractivity contribution < 1.29 is 14.3 Å². The van der Waals surface area contributed by atoms with Gasteiger partial charge >= 0.3 is 5.97 Å². The molecule has 0 saturated heterocycles. The Morgan fingerprint density at radius 1 is 1.50 bits per heavy atom. The third-order valence-corrected chi connectivity index (χ3v) is 2.49. The lowest BCUT2D eigenvalue weighted by atomic mass is 10.2. The Hall–Kier alpha value is -2.21. The number of methoxy groups -OCH3 is 1. The van der Waals surface area contributed by atoms with Crippen LogP contribution in [0.15, 0.2) is 24.4 Å². The largest absolute Gasteiger partial charge is 0.464 e. The lowest BCUT2D eigenvalue weighted by molar-refractivity contribution is 0.0594. The molecule has 92 valence electrons. The fourth-order valence-electron chi connectivity index (χ4n) is 1.41. The number of aromatic nitrogens is 3. The second kappa shape index (κ2) is 4.97. The maximum Gasteiger partial charge on any atom is 0.360 e. The van der Waals surface area contributed by atoms with Gasteiger partial charge in [-0.1, -0.05) is 16.8 Å². The van der Waals surface area contributed by atoms with Crippen LogP contribution in [-0.2, 0) is 4.74 Å². The number of hydrogen-bond donors (Lipinski definition) is 0. The molecule has 6 nitrogen and oxygen atoms in total. The molecular formula is C11H8ClN3O3. The van der Waals surface area contributed by atoms with Crippen LogP contribution < -0.4 is 0 Å². The van der Waals surface area contributed by atoms with E-state index in [9.17, 15) is 9.59 Å². The summed E-state index contributed by atoms with van der Waals surface area (Å²) in [5.41, 5.74) is 0.894. The number of ether oxygens (including phenoxy) is 1. The maximum atomic E-state index is 11.2. The monoisotopic (exact) mass is 265 g/mol. The zero-order valence-corrected chi connectivity index (χ0v) is 10.1. The van der Waals surface area contributed by atoms with Crippen LogP contribution in [0, 0.1) is 0 Å². The van der Waals surface area contributed by atoms with E-state index in [0.717, 1.165) is 0 Å². The maximum absolute atomic E-state index is 11.2. The molecule has 0 fully saturated rings. The van der Waals surface area contributed by atoms with Gasteiger partial charge in [-0.25, -0.2) is 9.48 Å². The molecular weight excluding hydrogens is 258 g/mol. The number of aldehydes is 1. The summed E-state index contributed by atoms with van der Waals surface area (Å²) in [7, 11) is 1.25. The van der Waals surface area contributed by atoms with E-state index < -0.39 is 5.97 Å². The third kappa shape index (κ3) is 2.23. The van der Waals surface area contributed by atoms with Gasteiger partial charge in [0.05, 0.1) is 19.0 Å². The van der Waals surface area contributed by atoms with Crippen molar-refractivity contribution in [3.63, 3.8) is 0 Å². The summed E-state index contributed by atoms with van der Waals surface area (Å²) >= 11 is 5.78. The highest BCUT2D eigenvalue weighted by molar-refractivity contribution is 6.30. The molecule has 0 saturated carbocycles. The minimum absolute atomic E-state index is 0.0595. The zero-order valence-electron chi connectivity index (χ0n) is 9.33. The van der Waals surface area contributed by atoms with Gasteiger partial charge in [-0.05, 0) is 18.2 Å². The number of benzene rings is 1. The number of nitrogens with zero attached hydrogens (tertiary/aromatic N) is 3. The average Bonchev–Trinajstić information content (AvgIpc) is 2.87. The summed E-state index contributed by atoms with van der Waals surface area (Å²) < 4.78 is 5.83. The minimum Gasteiger partial charge on any atom is -0.464 e. The van der Waals surface area contributed by atoms with Crippen LogP contribution in [0.3, 0.4) is 0 Å². The topological polar surface area (TPSA) is 74.1 Å². The number of rotatable bonds is 3. The normalized spacial score (nSPS) is 10.1. The molecule has 0 aliphatic carbocycles. The first-order chi connectivity index (χ1) is 8.65. The van der Waals surface area contributed by atoms with Crippen molar-refractivity contribution in [2.24, 2.45) is 0 Å². The predicted octanol–water partition coefficient (Wildman–Crippen LogP) is 1.52. The first-order valence-electron chi connectivity index (χ1n) is 4.91. The summed E-state index contributed by atoms with van der Waals surface area (Å²) in [5, 5.41) is 7.85. The number of carbonyl (C=O) groups is 2. The lowest BCUT2D eigenvalue weighted by Crippen LogP contribution is -2.01. The second-order valence-corrected chi connectivity index (χ2v) is 3.80. The van der Waals surface area contributed by atoms with Gasteiger partial charge in [0.1, 0.15) is 0 Å². The van der Waals surface area contributed by atoms with Crippen LogP contribution in [0.2, 0.25) is 5.02 Å². The van der Waals surface area contributed by atoms with Gasteiger partial charge in [0, 0.05) is 10.6 Å². The number of carbonyl (C=O) groups excluding carboxylic acids is 2. The Morgan fingerprint density at radius 2 is 2.28 bits per heavy atom. The van der Waals surface area contributed by atoms with Gasteiger partial charge in [0.15, 0.2) is 12.0 Å². The highest BCUT2D eigenvalue weighted by Gasteiger charge is 2.13. The smallest absolute Gasteiger partial charge is 0.360 e. The molecule has 0 atom stereocenters. The van der Waals surface area contributed by atoms with Crippen molar-refractivity contribution in [3.8, 4) is 5.69 Å². The van der Waals surface area contributed by atoms with Crippen LogP contribution in [-0.4, -0.2) is 34.4 Å². The average molecular weight is 266 g/mol. The van der Waals surface area contributed by atoms with Crippen molar-refractivity contribution in [2.75, 3.05) is 7.11 Å². The molecule has 0 aliphatic heterocycles. The Kier molecular flexibility index (Phi) is 3.38. The second-order valence-electron chi connectivity index (χ2n) is 3.36. The molecule has 0 unspecified atom stereocenters. The van der Waals surface area contributed by atoms with Gasteiger partial charge in [-0.3, -0.25) is 4.79 Å². The quantitative estimate of drug-likeness (QED) is 0.621. The Balaban J connectivity index is 2.46. The summed E-state index contributed by atoms with van der Waals surface area (Å²) in [6.07, 6.45) is 2.03. The van der Waals surface area contributed by atoms with Gasteiger partial charge in [0.2, 0.25) is 0 Å². The summed E-state index contributed by atoms with van der Waals surface area (Å²) in [6, 6.07) is 4.73. The van der Waals surface area contributed by atoms with Crippen molar-refractivity contribution in [2.45, 2.75) is 0 Å². The fourth-order valence-corrected chi connectivity index (χ4v) is 1.59. The van der Waals surface area contributed by atoms with E-state index in [4.69, 9.17) is 11.6 Å². The van der Waals surface area contributed by atoms with Gasteiger partial charge in [-0.2, -0.15) is 0 Å². The van der Waals surface area contributed by atoms with Crippen LogP contribution in [0.25, 0.3) is 5.69 Å². The lowest BCUT2D eigenvalue weighted by Gasteiger charge is -2.03. The molecule has 18 heavy (non-hydrogen) atoms. The summed E-state index contributed by atoms with van der Waals surface area (Å²) in [5.74, 6) is -0.595. The molecule has 2 rings (SSSR count). The summed E-state index contributed by atoms with van der Waals surface area (Å²) in [6.45, 7) is 0. The fraction of sp³-hybridized carbons (Fsp3) is 0.0909. The Morgan fingerprint density at radius 3 is 2.94 bits per heavy atom. The molecule has 0 bridgehead atoms. The van der Waals surface area contributed by atoms with E-state index in [-0.39, 0.29) is 5.69 Å². The molecule has 0 spiro atoms. The van der Waals surface area contributed by atoms with Crippen LogP contribution in [0.4, 0.5) is 0 Å². The molecule has 1 heterocycles. The van der Waals surface area contributed by atoms with E-state index in [2.05, 4.69) is 15.0 Å². The third-order valence-electron chi connectivity index (χ3n) is 2.25. The standard InChI is InChI=1S/C11H8ClN3O3/c1-18-11(17)9-5-15(14-13-9)10-3-2-8(12)4-7(10)6-16/h2-6H,1H3. The highest BCUT2D eigenvalue weighted by atomic mass is 35.5. The first kappa shape index (κ1) is 12.3. The van der Waals surface area contributed by atoms with Crippen LogP contribution >= 0.6 is 11.6 Å². The van der Waals surface area contributed by atoms with Crippen molar-refractivity contribution in [1.82, 2.24) is 15.0 Å². The van der Waals surface area contributed by atoms with E-state index in [1.165, 1.54) is 24.1 Å². The molecule has 2 aromatic rings. The molecule has 1 aromatic carbocycles. The van der Waals surface area contributed by atoms with Crippen molar-refractivity contribution >= 4 is 23.9 Å². The van der Waals surface area contributed by atoms with Crippen molar-refractivity contribution in [3.05, 3.63) is 40.7 Å². The molecule has 0 radical (unpaired) electrons. The Labute approximate surface area is 107 Å². The van der Waals surface area contributed by atoms with E-state index in [1.807, 2.05) is 0 Å². The Bertz CT molecular complexity index is 609. The van der Waals surface area contributed by atoms with Gasteiger partial charge < -0.3 is 4.74 Å². The first-order valence-corrected chi connectivity index (χ1v) is 5.29. The van der Waals surface area contributed by atoms with Gasteiger partial charge in [0.25, 0.3) is 0 Å². The predicted molar refractivity (Wildman–Crippen MR) is 63.1 cm³/mol. The highest BCUT2D eigenvalue weighted by Crippen LogP contribution is 2.17. The van der Waals surface area contributed by atoms with E-state index in [1.54, 1.807) is 12.1 Å². The van der Waals surface area contributed by atoms with E-state index in [0.29, 0.717) is 22.6 Å². The molecule has 0 aliphatic rings. The molecule has 1 aromatic heterocycles. The number of hydrogen-bond acceptors (Lipinski definition) is 5. The van der Waals surface area contributed by atoms with Crippen LogP contribution in [0.1, 0.15) is 20.8 Å². The van der Waals surface area contributed by atoms with E-state index >= 15 is 0 Å². The van der Waals surface area contributed by atoms with Gasteiger partial charge in [-0.15, -0.1) is 5.10 Å². The molecule has 0 N–H and O–H groups in total.